The summed E-state index contributed by atoms with van der Waals surface area (Å²) < 4.78 is 0. The monoisotopic (exact) mass is 259 g/mol. The molecule has 0 spiro atoms. The molecule has 0 aliphatic heterocycles. The summed E-state index contributed by atoms with van der Waals surface area (Å²) in [6.45, 7) is 10.6. The molecule has 1 aromatic carbocycles. The van der Waals surface area contributed by atoms with Crippen LogP contribution in [0.3, 0.4) is 0 Å². The number of aromatic amines is 1. The summed E-state index contributed by atoms with van der Waals surface area (Å²) in [5.74, 6) is 1.04. The van der Waals surface area contributed by atoms with Crippen molar-refractivity contribution in [2.45, 2.75) is 58.4 Å². The molecular formula is C16H25N3. The number of nitrogens with two attached hydrogens (primary N) is 1. The van der Waals surface area contributed by atoms with E-state index in [9.17, 15) is 0 Å². The second-order valence-corrected chi connectivity index (χ2v) is 7.18. The van der Waals surface area contributed by atoms with E-state index in [0.717, 1.165) is 29.7 Å². The molecule has 0 bridgehead atoms. The molecular weight excluding hydrogens is 234 g/mol. The molecule has 104 valence electrons. The number of rotatable bonds is 3. The summed E-state index contributed by atoms with van der Waals surface area (Å²) in [7, 11) is 0. The van der Waals surface area contributed by atoms with Gasteiger partial charge in [0.2, 0.25) is 0 Å². The van der Waals surface area contributed by atoms with Gasteiger partial charge in [0.05, 0.1) is 11.0 Å². The van der Waals surface area contributed by atoms with Crippen LogP contribution in [0.4, 0.5) is 0 Å². The first-order valence-corrected chi connectivity index (χ1v) is 6.93. The zero-order valence-corrected chi connectivity index (χ0v) is 12.7. The second kappa shape index (κ2) is 4.64. The first kappa shape index (κ1) is 14.1. The highest BCUT2D eigenvalue weighted by atomic mass is 14.9. The average Bonchev–Trinajstić information content (AvgIpc) is 2.67. The van der Waals surface area contributed by atoms with Crippen molar-refractivity contribution in [1.29, 1.82) is 0 Å². The van der Waals surface area contributed by atoms with Crippen LogP contribution in [-0.2, 0) is 11.8 Å². The van der Waals surface area contributed by atoms with Gasteiger partial charge in [0.25, 0.3) is 0 Å². The number of nitrogens with zero attached hydrogens (tertiary/aromatic N) is 1. The van der Waals surface area contributed by atoms with Crippen LogP contribution < -0.4 is 5.73 Å². The largest absolute Gasteiger partial charge is 0.342 e. The van der Waals surface area contributed by atoms with Gasteiger partial charge in [0.1, 0.15) is 5.82 Å². The fourth-order valence-electron chi connectivity index (χ4n) is 2.03. The normalized spacial score (nSPS) is 13.2. The summed E-state index contributed by atoms with van der Waals surface area (Å²) >= 11 is 0. The molecule has 2 aromatic rings. The first-order chi connectivity index (χ1) is 8.65. The predicted molar refractivity (Wildman–Crippen MR) is 81.4 cm³/mol. The number of nitrogens with one attached hydrogen (secondary N) is 1. The molecule has 2 rings (SSSR count). The Morgan fingerprint density at radius 3 is 2.42 bits per heavy atom. The van der Waals surface area contributed by atoms with Gasteiger partial charge in [-0.05, 0) is 44.4 Å². The van der Waals surface area contributed by atoms with Crippen LogP contribution in [0.2, 0.25) is 0 Å². The van der Waals surface area contributed by atoms with Crippen LogP contribution >= 0.6 is 0 Å². The van der Waals surface area contributed by atoms with Crippen LogP contribution in [0, 0.1) is 0 Å². The lowest BCUT2D eigenvalue weighted by Crippen LogP contribution is -2.32. The summed E-state index contributed by atoms with van der Waals surface area (Å²) in [6, 6.07) is 6.45. The van der Waals surface area contributed by atoms with Crippen molar-refractivity contribution in [3.63, 3.8) is 0 Å². The molecule has 0 aliphatic rings. The van der Waals surface area contributed by atoms with Crippen molar-refractivity contribution in [3.8, 4) is 0 Å². The van der Waals surface area contributed by atoms with E-state index in [1.807, 2.05) is 0 Å². The quantitative estimate of drug-likeness (QED) is 0.886. The van der Waals surface area contributed by atoms with Gasteiger partial charge < -0.3 is 10.7 Å². The second-order valence-electron chi connectivity index (χ2n) is 7.18. The third kappa shape index (κ3) is 3.57. The van der Waals surface area contributed by atoms with Gasteiger partial charge >= 0.3 is 0 Å². The third-order valence-corrected chi connectivity index (χ3v) is 3.31. The SMILES string of the molecule is CC(C)(N)CCc1ccc2nc(C(C)(C)C)[nH]c2c1. The Morgan fingerprint density at radius 2 is 1.84 bits per heavy atom. The van der Waals surface area contributed by atoms with E-state index in [1.54, 1.807) is 0 Å². The molecule has 0 fully saturated rings. The Morgan fingerprint density at radius 1 is 1.16 bits per heavy atom. The van der Waals surface area contributed by atoms with E-state index in [-0.39, 0.29) is 11.0 Å². The van der Waals surface area contributed by atoms with E-state index in [4.69, 9.17) is 5.73 Å². The van der Waals surface area contributed by atoms with Crippen LogP contribution in [0.15, 0.2) is 18.2 Å². The molecule has 0 radical (unpaired) electrons. The Hall–Kier alpha value is -1.35. The number of H-pyrrole nitrogens is 1. The fraction of sp³-hybridized carbons (Fsp3) is 0.562. The highest BCUT2D eigenvalue weighted by Gasteiger charge is 2.18. The summed E-state index contributed by atoms with van der Waals surface area (Å²) in [5.41, 5.74) is 9.46. The average molecular weight is 259 g/mol. The topological polar surface area (TPSA) is 54.7 Å². The Balaban J connectivity index is 2.26. The summed E-state index contributed by atoms with van der Waals surface area (Å²) in [6.07, 6.45) is 1.99. The zero-order valence-electron chi connectivity index (χ0n) is 12.7. The number of aromatic nitrogens is 2. The van der Waals surface area contributed by atoms with Crippen molar-refractivity contribution in [3.05, 3.63) is 29.6 Å². The maximum atomic E-state index is 6.04. The molecule has 1 aromatic heterocycles. The minimum Gasteiger partial charge on any atom is -0.342 e. The van der Waals surface area contributed by atoms with Gasteiger partial charge in [-0.25, -0.2) is 4.98 Å². The molecule has 0 aliphatic carbocycles. The van der Waals surface area contributed by atoms with E-state index >= 15 is 0 Å². The molecule has 0 amide bonds. The Bertz CT molecular complexity index is 568. The minimum atomic E-state index is -0.112. The molecule has 0 unspecified atom stereocenters. The van der Waals surface area contributed by atoms with Gasteiger partial charge in [-0.2, -0.15) is 0 Å². The lowest BCUT2D eigenvalue weighted by Gasteiger charge is -2.17. The molecule has 19 heavy (non-hydrogen) atoms. The van der Waals surface area contributed by atoms with Gasteiger partial charge in [-0.3, -0.25) is 0 Å². The third-order valence-electron chi connectivity index (χ3n) is 3.31. The van der Waals surface area contributed by atoms with Gasteiger partial charge in [0.15, 0.2) is 0 Å². The molecule has 3 nitrogen and oxygen atoms in total. The first-order valence-electron chi connectivity index (χ1n) is 6.93. The fourth-order valence-corrected chi connectivity index (χ4v) is 2.03. The van der Waals surface area contributed by atoms with Crippen molar-refractivity contribution < 1.29 is 0 Å². The molecule has 1 heterocycles. The predicted octanol–water partition coefficient (Wildman–Crippen LogP) is 3.53. The number of benzene rings is 1. The minimum absolute atomic E-state index is 0.0540. The van der Waals surface area contributed by atoms with Gasteiger partial charge in [0, 0.05) is 11.0 Å². The van der Waals surface area contributed by atoms with Crippen LogP contribution in [-0.4, -0.2) is 15.5 Å². The lowest BCUT2D eigenvalue weighted by atomic mass is 9.96. The van der Waals surface area contributed by atoms with Crippen LogP contribution in [0.5, 0.6) is 0 Å². The number of hydrogen-bond acceptors (Lipinski definition) is 2. The Kier molecular flexibility index (Phi) is 3.43. The maximum absolute atomic E-state index is 6.04. The van der Waals surface area contributed by atoms with Crippen molar-refractivity contribution in [2.24, 2.45) is 5.73 Å². The van der Waals surface area contributed by atoms with Crippen molar-refractivity contribution in [1.82, 2.24) is 9.97 Å². The van der Waals surface area contributed by atoms with Gasteiger partial charge in [-0.1, -0.05) is 26.8 Å². The highest BCUT2D eigenvalue weighted by molar-refractivity contribution is 5.76. The van der Waals surface area contributed by atoms with Crippen LogP contribution in [0.1, 0.15) is 52.4 Å². The number of aryl methyl sites for hydroxylation is 1. The van der Waals surface area contributed by atoms with Crippen molar-refractivity contribution in [2.75, 3.05) is 0 Å². The lowest BCUT2D eigenvalue weighted by molar-refractivity contribution is 0.477. The molecule has 0 saturated carbocycles. The van der Waals surface area contributed by atoms with Gasteiger partial charge in [-0.15, -0.1) is 0 Å². The number of hydrogen-bond donors (Lipinski definition) is 2. The molecule has 3 N–H and O–H groups in total. The van der Waals surface area contributed by atoms with E-state index in [0.29, 0.717) is 0 Å². The van der Waals surface area contributed by atoms with E-state index < -0.39 is 0 Å². The Labute approximate surface area is 115 Å². The summed E-state index contributed by atoms with van der Waals surface area (Å²) in [5, 5.41) is 0. The molecule has 0 atom stereocenters. The van der Waals surface area contributed by atoms with E-state index in [2.05, 4.69) is 62.8 Å². The van der Waals surface area contributed by atoms with Crippen LogP contribution in [0.25, 0.3) is 11.0 Å². The smallest absolute Gasteiger partial charge is 0.112 e. The van der Waals surface area contributed by atoms with Crippen molar-refractivity contribution >= 4 is 11.0 Å². The summed E-state index contributed by atoms with van der Waals surface area (Å²) in [4.78, 5) is 8.08. The zero-order chi connectivity index (χ0) is 14.3. The number of imidazole rings is 1. The maximum Gasteiger partial charge on any atom is 0.112 e. The van der Waals surface area contributed by atoms with E-state index in [1.165, 1.54) is 5.56 Å². The number of fused-ring (bicyclic) bond motifs is 1. The molecule has 0 saturated heterocycles. The highest BCUT2D eigenvalue weighted by Crippen LogP contribution is 2.23. The molecule has 3 heteroatoms. The standard InChI is InChI=1S/C16H25N3/c1-15(2,3)14-18-12-7-6-11(10-13(12)19-14)8-9-16(4,5)17/h6-7,10H,8-9,17H2,1-5H3,(H,18,19).